The van der Waals surface area contributed by atoms with Crippen molar-refractivity contribution in [3.8, 4) is 28.2 Å². The molecule has 0 aliphatic rings. The molecule has 1 N–H and O–H groups in total. The van der Waals surface area contributed by atoms with E-state index in [0.717, 1.165) is 5.56 Å². The second kappa shape index (κ2) is 7.91. The molecular formula is C22H13Cl3N2O2. The Hall–Kier alpha value is -2.79. The number of carbonyl (C=O) groups is 1. The number of rotatable bonds is 4. The van der Waals surface area contributed by atoms with Crippen molar-refractivity contribution in [2.75, 3.05) is 0 Å². The summed E-state index contributed by atoms with van der Waals surface area (Å²) < 4.78 is 1.60. The molecule has 4 rings (SSSR count). The maximum atomic E-state index is 12.3. The summed E-state index contributed by atoms with van der Waals surface area (Å²) in [6, 6.07) is 21.2. The Kier molecular flexibility index (Phi) is 5.33. The number of hydrogen-bond acceptors (Lipinski definition) is 2. The first-order chi connectivity index (χ1) is 14.0. The molecule has 4 nitrogen and oxygen atoms in total. The van der Waals surface area contributed by atoms with Crippen molar-refractivity contribution in [2.24, 2.45) is 0 Å². The molecule has 0 aliphatic heterocycles. The lowest BCUT2D eigenvalue weighted by Crippen LogP contribution is -2.03. The molecule has 0 fully saturated rings. The first kappa shape index (κ1) is 19.5. The fourth-order valence-electron chi connectivity index (χ4n) is 3.10. The molecule has 3 aromatic carbocycles. The molecule has 29 heavy (non-hydrogen) atoms. The van der Waals surface area contributed by atoms with Crippen LogP contribution < -0.4 is 0 Å². The highest BCUT2D eigenvalue weighted by Crippen LogP contribution is 2.36. The normalized spacial score (nSPS) is 10.9. The topological polar surface area (TPSA) is 55.1 Å². The molecule has 0 atom stereocenters. The third-order valence-electron chi connectivity index (χ3n) is 4.41. The zero-order chi connectivity index (χ0) is 20.5. The predicted octanol–water partition coefficient (Wildman–Crippen LogP) is 6.86. The molecule has 0 saturated heterocycles. The second-order valence-corrected chi connectivity index (χ2v) is 7.51. The zero-order valence-corrected chi connectivity index (χ0v) is 17.1. The van der Waals surface area contributed by atoms with Crippen LogP contribution in [-0.2, 0) is 0 Å². The van der Waals surface area contributed by atoms with Crippen LogP contribution in [0.1, 0.15) is 10.4 Å². The first-order valence-corrected chi connectivity index (χ1v) is 9.72. The monoisotopic (exact) mass is 442 g/mol. The standard InChI is InChI=1S/C22H13Cl3N2O2/c23-15-7-9-16(10-8-15)27-21(13-4-2-1-3-5-13)19(22(28)29)20(26-27)14-6-11-17(24)18(25)12-14/h1-12H,(H,28,29). The van der Waals surface area contributed by atoms with E-state index < -0.39 is 5.97 Å². The highest BCUT2D eigenvalue weighted by molar-refractivity contribution is 6.42. The Morgan fingerprint density at radius 3 is 2.14 bits per heavy atom. The summed E-state index contributed by atoms with van der Waals surface area (Å²) in [5.74, 6) is -1.09. The van der Waals surface area contributed by atoms with E-state index in [1.54, 1.807) is 47.1 Å². The number of aromatic nitrogens is 2. The van der Waals surface area contributed by atoms with E-state index in [9.17, 15) is 9.90 Å². The van der Waals surface area contributed by atoms with Crippen LogP contribution in [0, 0.1) is 0 Å². The molecule has 1 aromatic heterocycles. The van der Waals surface area contributed by atoms with Gasteiger partial charge in [0.1, 0.15) is 11.3 Å². The molecule has 1 heterocycles. The Bertz CT molecular complexity index is 1200. The fraction of sp³-hybridized carbons (Fsp3) is 0. The highest BCUT2D eigenvalue weighted by Gasteiger charge is 2.26. The van der Waals surface area contributed by atoms with Crippen molar-refractivity contribution < 1.29 is 9.90 Å². The number of halogens is 3. The van der Waals surface area contributed by atoms with Crippen molar-refractivity contribution in [1.82, 2.24) is 9.78 Å². The van der Waals surface area contributed by atoms with Gasteiger partial charge in [0.15, 0.2) is 0 Å². The van der Waals surface area contributed by atoms with Gasteiger partial charge in [-0.1, -0.05) is 71.2 Å². The molecule has 0 spiro atoms. The number of hydrogen-bond donors (Lipinski definition) is 1. The second-order valence-electron chi connectivity index (χ2n) is 6.26. The lowest BCUT2D eigenvalue weighted by atomic mass is 10.0. The predicted molar refractivity (Wildman–Crippen MR) is 116 cm³/mol. The summed E-state index contributed by atoms with van der Waals surface area (Å²) >= 11 is 18.2. The van der Waals surface area contributed by atoms with Gasteiger partial charge in [-0.3, -0.25) is 0 Å². The molecule has 144 valence electrons. The molecule has 0 amide bonds. The van der Waals surface area contributed by atoms with Gasteiger partial charge < -0.3 is 5.11 Å². The van der Waals surface area contributed by atoms with Crippen LogP contribution >= 0.6 is 34.8 Å². The van der Waals surface area contributed by atoms with Crippen LogP contribution in [-0.4, -0.2) is 20.9 Å². The molecule has 7 heteroatoms. The molecule has 0 saturated carbocycles. The Balaban J connectivity index is 2.05. The SMILES string of the molecule is O=C(O)c1c(-c2ccc(Cl)c(Cl)c2)nn(-c2ccc(Cl)cc2)c1-c1ccccc1. The summed E-state index contributed by atoms with van der Waals surface area (Å²) in [6.07, 6.45) is 0. The minimum Gasteiger partial charge on any atom is -0.478 e. The van der Waals surface area contributed by atoms with Gasteiger partial charge >= 0.3 is 5.97 Å². The van der Waals surface area contributed by atoms with E-state index in [-0.39, 0.29) is 5.56 Å². The average molecular weight is 444 g/mol. The minimum atomic E-state index is -1.09. The van der Waals surface area contributed by atoms with Gasteiger partial charge in [0, 0.05) is 16.1 Å². The van der Waals surface area contributed by atoms with Gasteiger partial charge in [-0.2, -0.15) is 5.10 Å². The molecule has 0 bridgehead atoms. The minimum absolute atomic E-state index is 0.0736. The smallest absolute Gasteiger partial charge is 0.340 e. The maximum absolute atomic E-state index is 12.3. The van der Waals surface area contributed by atoms with Gasteiger partial charge in [-0.05, 0) is 36.4 Å². The van der Waals surface area contributed by atoms with E-state index in [1.165, 1.54) is 0 Å². The highest BCUT2D eigenvalue weighted by atomic mass is 35.5. The third kappa shape index (κ3) is 3.75. The van der Waals surface area contributed by atoms with E-state index in [4.69, 9.17) is 34.8 Å². The third-order valence-corrected chi connectivity index (χ3v) is 5.40. The van der Waals surface area contributed by atoms with Crippen LogP contribution in [0.5, 0.6) is 0 Å². The van der Waals surface area contributed by atoms with Crippen LogP contribution in [0.25, 0.3) is 28.2 Å². The van der Waals surface area contributed by atoms with Gasteiger partial charge in [0.25, 0.3) is 0 Å². The zero-order valence-electron chi connectivity index (χ0n) is 14.8. The molecule has 0 radical (unpaired) electrons. The lowest BCUT2D eigenvalue weighted by molar-refractivity contribution is 0.0698. The van der Waals surface area contributed by atoms with Crippen LogP contribution in [0.3, 0.4) is 0 Å². The van der Waals surface area contributed by atoms with Crippen LogP contribution in [0.4, 0.5) is 0 Å². The molecule has 0 aliphatic carbocycles. The van der Waals surface area contributed by atoms with Crippen LogP contribution in [0.15, 0.2) is 72.8 Å². The maximum Gasteiger partial charge on any atom is 0.340 e. The number of aromatic carboxylic acids is 1. The first-order valence-electron chi connectivity index (χ1n) is 8.59. The fourth-order valence-corrected chi connectivity index (χ4v) is 3.52. The number of benzene rings is 3. The lowest BCUT2D eigenvalue weighted by Gasteiger charge is -2.09. The summed E-state index contributed by atoms with van der Waals surface area (Å²) in [4.78, 5) is 12.3. The number of carboxylic acid groups (broad SMARTS) is 1. The quantitative estimate of drug-likeness (QED) is 0.374. The van der Waals surface area contributed by atoms with Crippen molar-refractivity contribution >= 4 is 40.8 Å². The summed E-state index contributed by atoms with van der Waals surface area (Å²) in [5, 5.41) is 16.0. The Morgan fingerprint density at radius 2 is 1.52 bits per heavy atom. The van der Waals surface area contributed by atoms with E-state index in [2.05, 4.69) is 5.10 Å². The van der Waals surface area contributed by atoms with Crippen LogP contribution in [0.2, 0.25) is 15.1 Å². The van der Waals surface area contributed by atoms with Crippen molar-refractivity contribution in [3.05, 3.63) is 93.4 Å². The summed E-state index contributed by atoms with van der Waals surface area (Å²) in [7, 11) is 0. The van der Waals surface area contributed by atoms with Gasteiger partial charge in [-0.15, -0.1) is 0 Å². The number of nitrogens with zero attached hydrogens (tertiary/aromatic N) is 2. The van der Waals surface area contributed by atoms with Crippen molar-refractivity contribution in [2.45, 2.75) is 0 Å². The van der Waals surface area contributed by atoms with Gasteiger partial charge in [0.2, 0.25) is 0 Å². The molecular weight excluding hydrogens is 431 g/mol. The van der Waals surface area contributed by atoms with Gasteiger partial charge in [0.05, 0.1) is 21.4 Å². The van der Waals surface area contributed by atoms with Gasteiger partial charge in [-0.25, -0.2) is 9.48 Å². The average Bonchev–Trinajstić information content (AvgIpc) is 3.12. The van der Waals surface area contributed by atoms with E-state index in [0.29, 0.717) is 37.7 Å². The molecule has 0 unspecified atom stereocenters. The largest absolute Gasteiger partial charge is 0.478 e. The van der Waals surface area contributed by atoms with E-state index >= 15 is 0 Å². The molecule has 4 aromatic rings. The number of carboxylic acids is 1. The Morgan fingerprint density at radius 1 is 0.828 bits per heavy atom. The van der Waals surface area contributed by atoms with Crippen molar-refractivity contribution in [3.63, 3.8) is 0 Å². The van der Waals surface area contributed by atoms with E-state index in [1.807, 2.05) is 30.3 Å². The Labute approximate surface area is 181 Å². The summed E-state index contributed by atoms with van der Waals surface area (Å²) in [5.41, 5.74) is 2.79. The van der Waals surface area contributed by atoms with Crippen molar-refractivity contribution in [1.29, 1.82) is 0 Å². The summed E-state index contributed by atoms with van der Waals surface area (Å²) in [6.45, 7) is 0.